The Hall–Kier alpha value is -1.17. The van der Waals surface area contributed by atoms with Crippen molar-refractivity contribution < 1.29 is 19.0 Å². The average Bonchev–Trinajstić information content (AvgIpc) is 2.63. The van der Waals surface area contributed by atoms with Crippen LogP contribution in [-0.2, 0) is 4.74 Å². The van der Waals surface area contributed by atoms with Gasteiger partial charge in [0.2, 0.25) is 0 Å². The standard InChI is InChI=1S/C20H30FNO3/c21-16-8-10-19(11-9-16)25-20-7-4-12-22(14-20)13-17(23)15-24-18-5-2-1-3-6-18/h8-11,17-18,20,23H,1-7,12-15H2/t17-,20-/m0/s1. The number of aliphatic hydroxyl groups excluding tert-OH is 1. The molecule has 1 saturated carbocycles. The van der Waals surface area contributed by atoms with E-state index < -0.39 is 6.10 Å². The molecule has 0 radical (unpaired) electrons. The highest BCUT2D eigenvalue weighted by Gasteiger charge is 2.24. The molecule has 1 N–H and O–H groups in total. The minimum atomic E-state index is -0.452. The third-order valence-electron chi connectivity index (χ3n) is 5.12. The van der Waals surface area contributed by atoms with Crippen molar-refractivity contribution in [1.82, 2.24) is 4.90 Å². The first kappa shape index (κ1) is 18.6. The second kappa shape index (κ2) is 9.51. The highest BCUT2D eigenvalue weighted by molar-refractivity contribution is 5.22. The molecule has 3 rings (SSSR count). The van der Waals surface area contributed by atoms with Gasteiger partial charge in [-0.3, -0.25) is 4.90 Å². The lowest BCUT2D eigenvalue weighted by Crippen LogP contribution is -2.45. The Balaban J connectivity index is 1.39. The number of halogens is 1. The molecule has 0 amide bonds. The molecule has 0 unspecified atom stereocenters. The van der Waals surface area contributed by atoms with Crippen LogP contribution in [0.25, 0.3) is 0 Å². The number of rotatable bonds is 7. The molecule has 1 saturated heterocycles. The van der Waals surface area contributed by atoms with E-state index in [0.717, 1.165) is 38.8 Å². The summed E-state index contributed by atoms with van der Waals surface area (Å²) in [5, 5.41) is 10.3. The SMILES string of the molecule is O[C@H](COC1CCCCC1)CN1CCC[C@H](Oc2ccc(F)cc2)C1. The molecule has 140 valence electrons. The molecular formula is C20H30FNO3. The van der Waals surface area contributed by atoms with Crippen LogP contribution in [0.4, 0.5) is 4.39 Å². The van der Waals surface area contributed by atoms with Crippen LogP contribution in [0, 0.1) is 5.82 Å². The molecule has 1 aliphatic heterocycles. The number of benzene rings is 1. The van der Waals surface area contributed by atoms with Crippen molar-refractivity contribution in [2.45, 2.75) is 63.3 Å². The molecule has 1 aromatic carbocycles. The van der Waals surface area contributed by atoms with Crippen molar-refractivity contribution in [3.8, 4) is 5.75 Å². The summed E-state index contributed by atoms with van der Waals surface area (Å²) in [5.74, 6) is 0.452. The first-order chi connectivity index (χ1) is 12.2. The first-order valence-corrected chi connectivity index (χ1v) is 9.63. The summed E-state index contributed by atoms with van der Waals surface area (Å²) >= 11 is 0. The second-order valence-corrected chi connectivity index (χ2v) is 7.34. The fourth-order valence-electron chi connectivity index (χ4n) is 3.81. The van der Waals surface area contributed by atoms with Crippen LogP contribution in [0.15, 0.2) is 24.3 Å². The van der Waals surface area contributed by atoms with Crippen molar-refractivity contribution in [1.29, 1.82) is 0 Å². The maximum atomic E-state index is 13.0. The summed E-state index contributed by atoms with van der Waals surface area (Å²) in [6.07, 6.45) is 8.06. The van der Waals surface area contributed by atoms with Crippen LogP contribution in [-0.4, -0.2) is 54.6 Å². The number of hydrogen-bond donors (Lipinski definition) is 1. The van der Waals surface area contributed by atoms with Crippen molar-refractivity contribution in [3.63, 3.8) is 0 Å². The predicted octanol–water partition coefficient (Wildman–Crippen LogP) is 3.38. The normalized spacial score (nSPS) is 24.2. The van der Waals surface area contributed by atoms with Crippen molar-refractivity contribution in [2.75, 3.05) is 26.2 Å². The van der Waals surface area contributed by atoms with Crippen LogP contribution < -0.4 is 4.74 Å². The number of hydrogen-bond acceptors (Lipinski definition) is 4. The third kappa shape index (κ3) is 6.24. The number of β-amino-alcohol motifs (C(OH)–C–C–N with tert-alkyl or cyclic N) is 1. The molecule has 2 atom stereocenters. The van der Waals surface area contributed by atoms with Crippen molar-refractivity contribution in [3.05, 3.63) is 30.1 Å². The minimum absolute atomic E-state index is 0.0886. The molecule has 2 fully saturated rings. The quantitative estimate of drug-likeness (QED) is 0.818. The number of aliphatic hydroxyl groups is 1. The van der Waals surface area contributed by atoms with Crippen LogP contribution in [0.3, 0.4) is 0 Å². The third-order valence-corrected chi connectivity index (χ3v) is 5.12. The van der Waals surface area contributed by atoms with Gasteiger partial charge in [-0.1, -0.05) is 19.3 Å². The number of likely N-dealkylation sites (tertiary alicyclic amines) is 1. The van der Waals surface area contributed by atoms with Gasteiger partial charge >= 0.3 is 0 Å². The second-order valence-electron chi connectivity index (χ2n) is 7.34. The van der Waals surface area contributed by atoms with Gasteiger partial charge in [0.05, 0.1) is 18.8 Å². The Kier molecular flexibility index (Phi) is 7.08. The fourth-order valence-corrected chi connectivity index (χ4v) is 3.81. The Morgan fingerprint density at radius 1 is 1.04 bits per heavy atom. The van der Waals surface area contributed by atoms with Gasteiger partial charge in [0, 0.05) is 13.1 Å². The van der Waals surface area contributed by atoms with Crippen LogP contribution in [0.2, 0.25) is 0 Å². The first-order valence-electron chi connectivity index (χ1n) is 9.63. The summed E-state index contributed by atoms with van der Waals surface area (Å²) < 4.78 is 24.8. The van der Waals surface area contributed by atoms with E-state index in [1.54, 1.807) is 12.1 Å². The zero-order valence-electron chi connectivity index (χ0n) is 14.9. The molecule has 0 aromatic heterocycles. The number of piperidine rings is 1. The van der Waals surface area contributed by atoms with E-state index in [-0.39, 0.29) is 11.9 Å². The fraction of sp³-hybridized carbons (Fsp3) is 0.700. The van der Waals surface area contributed by atoms with E-state index in [1.807, 2.05) is 0 Å². The average molecular weight is 351 g/mol. The zero-order chi connectivity index (χ0) is 17.5. The number of nitrogens with zero attached hydrogens (tertiary/aromatic N) is 1. The Labute approximate surface area is 149 Å². The summed E-state index contributed by atoms with van der Waals surface area (Å²) in [5.41, 5.74) is 0. The van der Waals surface area contributed by atoms with E-state index in [4.69, 9.17) is 9.47 Å². The maximum Gasteiger partial charge on any atom is 0.123 e. The van der Waals surface area contributed by atoms with E-state index in [0.29, 0.717) is 25.0 Å². The zero-order valence-corrected chi connectivity index (χ0v) is 14.9. The largest absolute Gasteiger partial charge is 0.489 e. The smallest absolute Gasteiger partial charge is 0.123 e. The molecule has 0 bridgehead atoms. The van der Waals surface area contributed by atoms with Crippen LogP contribution >= 0.6 is 0 Å². The maximum absolute atomic E-state index is 13.0. The Morgan fingerprint density at radius 3 is 2.52 bits per heavy atom. The van der Waals surface area contributed by atoms with E-state index in [9.17, 15) is 9.50 Å². The van der Waals surface area contributed by atoms with Gasteiger partial charge in [-0.25, -0.2) is 4.39 Å². The highest BCUT2D eigenvalue weighted by Crippen LogP contribution is 2.21. The van der Waals surface area contributed by atoms with Gasteiger partial charge in [-0.05, 0) is 56.5 Å². The minimum Gasteiger partial charge on any atom is -0.489 e. The summed E-state index contributed by atoms with van der Waals surface area (Å²) in [6, 6.07) is 6.17. The van der Waals surface area contributed by atoms with Gasteiger partial charge in [0.25, 0.3) is 0 Å². The van der Waals surface area contributed by atoms with E-state index in [1.165, 1.54) is 31.4 Å². The van der Waals surface area contributed by atoms with Gasteiger partial charge in [-0.15, -0.1) is 0 Å². The van der Waals surface area contributed by atoms with E-state index >= 15 is 0 Å². The summed E-state index contributed by atoms with van der Waals surface area (Å²) in [4.78, 5) is 2.24. The predicted molar refractivity (Wildman–Crippen MR) is 95.3 cm³/mol. The lowest BCUT2D eigenvalue weighted by Gasteiger charge is -2.34. The summed E-state index contributed by atoms with van der Waals surface area (Å²) in [6.45, 7) is 2.81. The van der Waals surface area contributed by atoms with Crippen LogP contribution in [0.5, 0.6) is 5.75 Å². The van der Waals surface area contributed by atoms with Gasteiger partial charge in [0.15, 0.2) is 0 Å². The van der Waals surface area contributed by atoms with E-state index in [2.05, 4.69) is 4.90 Å². The molecule has 0 spiro atoms. The Bertz CT molecular complexity index is 504. The molecule has 1 aromatic rings. The lowest BCUT2D eigenvalue weighted by molar-refractivity contribution is -0.0391. The van der Waals surface area contributed by atoms with Crippen molar-refractivity contribution >= 4 is 0 Å². The van der Waals surface area contributed by atoms with Gasteiger partial charge < -0.3 is 14.6 Å². The molecule has 5 heteroatoms. The monoisotopic (exact) mass is 351 g/mol. The molecule has 1 aliphatic carbocycles. The van der Waals surface area contributed by atoms with Gasteiger partial charge in [-0.2, -0.15) is 0 Å². The van der Waals surface area contributed by atoms with Crippen molar-refractivity contribution in [2.24, 2.45) is 0 Å². The molecule has 2 aliphatic rings. The highest BCUT2D eigenvalue weighted by atomic mass is 19.1. The van der Waals surface area contributed by atoms with Crippen LogP contribution in [0.1, 0.15) is 44.9 Å². The Morgan fingerprint density at radius 2 is 1.76 bits per heavy atom. The molecule has 4 nitrogen and oxygen atoms in total. The van der Waals surface area contributed by atoms with Gasteiger partial charge in [0.1, 0.15) is 17.7 Å². The molecule has 1 heterocycles. The topological polar surface area (TPSA) is 41.9 Å². The lowest BCUT2D eigenvalue weighted by atomic mass is 9.98. The molecular weight excluding hydrogens is 321 g/mol. The number of ether oxygens (including phenoxy) is 2. The molecule has 25 heavy (non-hydrogen) atoms. The summed E-state index contributed by atoms with van der Waals surface area (Å²) in [7, 11) is 0.